The maximum Gasteiger partial charge on any atom is 0.261 e. The summed E-state index contributed by atoms with van der Waals surface area (Å²) >= 11 is 13.4. The molecular weight excluding hydrogens is 429 g/mol. The van der Waals surface area contributed by atoms with E-state index in [9.17, 15) is 13.6 Å². The van der Waals surface area contributed by atoms with Gasteiger partial charge in [-0.05, 0) is 42.3 Å². The molecule has 9 heteroatoms. The zero-order chi connectivity index (χ0) is 20.1. The highest BCUT2D eigenvalue weighted by Gasteiger charge is 2.46. The SMILES string of the molecule is Cc1cc(C2=NOC(c3cc(Cl)cc(Cl)c3)C2)sc1C(=O)NC1CC(F)(F)C1. The Kier molecular flexibility index (Phi) is 5.10. The largest absolute Gasteiger partial charge is 0.387 e. The van der Waals surface area contributed by atoms with Crippen LogP contribution in [0.4, 0.5) is 8.78 Å². The van der Waals surface area contributed by atoms with Gasteiger partial charge in [0.15, 0.2) is 6.10 Å². The van der Waals surface area contributed by atoms with E-state index in [1.807, 2.05) is 13.0 Å². The van der Waals surface area contributed by atoms with Crippen molar-refractivity contribution < 1.29 is 18.4 Å². The number of oxime groups is 1. The predicted molar refractivity (Wildman–Crippen MR) is 106 cm³/mol. The second-order valence-electron chi connectivity index (χ2n) is 7.10. The molecule has 4 rings (SSSR count). The number of nitrogens with zero attached hydrogens (tertiary/aromatic N) is 1. The molecule has 1 aromatic carbocycles. The van der Waals surface area contributed by atoms with Gasteiger partial charge in [0.25, 0.3) is 11.8 Å². The maximum absolute atomic E-state index is 13.0. The number of aryl methyl sites for hydroxylation is 1. The molecule has 1 amide bonds. The summed E-state index contributed by atoms with van der Waals surface area (Å²) in [5.41, 5.74) is 2.33. The van der Waals surface area contributed by atoms with Crippen molar-refractivity contribution in [1.82, 2.24) is 5.32 Å². The van der Waals surface area contributed by atoms with Gasteiger partial charge >= 0.3 is 0 Å². The number of halogens is 4. The molecule has 0 spiro atoms. The molecule has 1 unspecified atom stereocenters. The van der Waals surface area contributed by atoms with E-state index in [1.165, 1.54) is 11.3 Å². The van der Waals surface area contributed by atoms with Crippen LogP contribution in [0.5, 0.6) is 0 Å². The van der Waals surface area contributed by atoms with Crippen LogP contribution in [-0.4, -0.2) is 23.6 Å². The average molecular weight is 445 g/mol. The van der Waals surface area contributed by atoms with Crippen molar-refractivity contribution in [2.24, 2.45) is 5.16 Å². The topological polar surface area (TPSA) is 50.7 Å². The first-order valence-corrected chi connectivity index (χ1v) is 10.3. The van der Waals surface area contributed by atoms with Gasteiger partial charge in [-0.25, -0.2) is 8.78 Å². The first-order chi connectivity index (χ1) is 13.2. The van der Waals surface area contributed by atoms with Crippen molar-refractivity contribution in [2.75, 3.05) is 0 Å². The summed E-state index contributed by atoms with van der Waals surface area (Å²) in [6, 6.07) is 6.60. The lowest BCUT2D eigenvalue weighted by molar-refractivity contribution is -0.0901. The summed E-state index contributed by atoms with van der Waals surface area (Å²) in [5, 5.41) is 7.87. The molecule has 2 aromatic rings. The van der Waals surface area contributed by atoms with Gasteiger partial charge in [-0.15, -0.1) is 11.3 Å². The first kappa shape index (κ1) is 19.6. The van der Waals surface area contributed by atoms with E-state index >= 15 is 0 Å². The van der Waals surface area contributed by atoms with Gasteiger partial charge in [0.05, 0.1) is 9.75 Å². The third-order valence-corrected chi connectivity index (χ3v) is 6.48. The number of rotatable bonds is 4. The number of alkyl halides is 2. The molecule has 1 aliphatic heterocycles. The van der Waals surface area contributed by atoms with Gasteiger partial charge in [-0.3, -0.25) is 4.79 Å². The Labute approximate surface area is 174 Å². The van der Waals surface area contributed by atoms with Gasteiger partial charge in [0, 0.05) is 35.3 Å². The van der Waals surface area contributed by atoms with Gasteiger partial charge in [0.2, 0.25) is 0 Å². The van der Waals surface area contributed by atoms with Crippen molar-refractivity contribution in [3.63, 3.8) is 0 Å². The molecule has 1 aromatic heterocycles. The number of hydrogen-bond donors (Lipinski definition) is 1. The number of amides is 1. The fourth-order valence-corrected chi connectivity index (χ4v) is 4.94. The molecule has 148 valence electrons. The molecule has 4 nitrogen and oxygen atoms in total. The van der Waals surface area contributed by atoms with E-state index < -0.39 is 12.0 Å². The quantitative estimate of drug-likeness (QED) is 0.651. The van der Waals surface area contributed by atoms with E-state index in [0.717, 1.165) is 21.7 Å². The Bertz CT molecular complexity index is 949. The third kappa shape index (κ3) is 4.02. The number of thiophene rings is 1. The second kappa shape index (κ2) is 7.28. The fraction of sp³-hybridized carbons (Fsp3) is 0.368. The van der Waals surface area contributed by atoms with Gasteiger partial charge in [0.1, 0.15) is 5.71 Å². The van der Waals surface area contributed by atoms with Crippen molar-refractivity contribution >= 4 is 46.2 Å². The Morgan fingerprint density at radius 2 is 1.93 bits per heavy atom. The average Bonchev–Trinajstić information content (AvgIpc) is 3.18. The van der Waals surface area contributed by atoms with Gasteiger partial charge in [-0.2, -0.15) is 0 Å². The third-order valence-electron chi connectivity index (χ3n) is 4.76. The van der Waals surface area contributed by atoms with Crippen LogP contribution >= 0.6 is 34.5 Å². The zero-order valence-electron chi connectivity index (χ0n) is 14.8. The van der Waals surface area contributed by atoms with Crippen LogP contribution in [0.3, 0.4) is 0 Å². The fourth-order valence-electron chi connectivity index (χ4n) is 3.33. The van der Waals surface area contributed by atoms with Gasteiger partial charge in [-0.1, -0.05) is 28.4 Å². The minimum Gasteiger partial charge on any atom is -0.387 e. The Morgan fingerprint density at radius 1 is 1.25 bits per heavy atom. The maximum atomic E-state index is 13.0. The van der Waals surface area contributed by atoms with Crippen molar-refractivity contribution in [1.29, 1.82) is 0 Å². The van der Waals surface area contributed by atoms with E-state index in [4.69, 9.17) is 28.0 Å². The van der Waals surface area contributed by atoms with Crippen LogP contribution in [0.1, 0.15) is 51.0 Å². The van der Waals surface area contributed by atoms with Crippen LogP contribution in [-0.2, 0) is 4.84 Å². The van der Waals surface area contributed by atoms with Crippen molar-refractivity contribution in [3.05, 3.63) is 55.2 Å². The summed E-state index contributed by atoms with van der Waals surface area (Å²) in [4.78, 5) is 19.3. The minimum absolute atomic E-state index is 0.303. The van der Waals surface area contributed by atoms with Crippen molar-refractivity contribution in [2.45, 2.75) is 44.3 Å². The second-order valence-corrected chi connectivity index (χ2v) is 9.02. The van der Waals surface area contributed by atoms with Crippen LogP contribution in [0.25, 0.3) is 0 Å². The molecule has 0 saturated heterocycles. The highest BCUT2D eigenvalue weighted by molar-refractivity contribution is 7.16. The highest BCUT2D eigenvalue weighted by atomic mass is 35.5. The van der Waals surface area contributed by atoms with Crippen molar-refractivity contribution in [3.8, 4) is 0 Å². The normalized spacial score (nSPS) is 21.0. The number of carbonyl (C=O) groups excluding carboxylic acids is 1. The molecule has 1 saturated carbocycles. The standard InChI is InChI=1S/C19H16Cl2F2N2O2S/c1-9-2-16(28-17(9)18(26)24-13-7-19(22,23)8-13)14-6-15(27-25-14)10-3-11(20)5-12(21)4-10/h2-5,13,15H,6-8H2,1H3,(H,24,26). The molecular formula is C19H16Cl2F2N2O2S. The predicted octanol–water partition coefficient (Wildman–Crippen LogP) is 5.76. The summed E-state index contributed by atoms with van der Waals surface area (Å²) in [6.07, 6.45) is -0.393. The molecule has 28 heavy (non-hydrogen) atoms. The molecule has 2 aliphatic rings. The number of hydrogen-bond acceptors (Lipinski definition) is 4. The summed E-state index contributed by atoms with van der Waals surface area (Å²) < 4.78 is 25.9. The number of benzene rings is 1. The monoisotopic (exact) mass is 444 g/mol. The number of nitrogens with one attached hydrogen (secondary N) is 1. The molecule has 1 aliphatic carbocycles. The molecule has 0 radical (unpaired) electrons. The first-order valence-electron chi connectivity index (χ1n) is 8.68. The Morgan fingerprint density at radius 3 is 2.57 bits per heavy atom. The zero-order valence-corrected chi connectivity index (χ0v) is 17.1. The lowest BCUT2D eigenvalue weighted by Gasteiger charge is -2.35. The van der Waals surface area contributed by atoms with E-state index in [-0.39, 0.29) is 24.9 Å². The Hall–Kier alpha value is -1.70. The molecule has 1 N–H and O–H groups in total. The summed E-state index contributed by atoms with van der Waals surface area (Å²) in [7, 11) is 0. The van der Waals surface area contributed by atoms with Gasteiger partial charge < -0.3 is 10.2 Å². The van der Waals surface area contributed by atoms with Crippen LogP contribution in [0.15, 0.2) is 29.4 Å². The molecule has 2 heterocycles. The van der Waals surface area contributed by atoms with E-state index in [0.29, 0.717) is 21.3 Å². The molecule has 1 atom stereocenters. The summed E-state index contributed by atoms with van der Waals surface area (Å²) in [5.74, 6) is -2.99. The van der Waals surface area contributed by atoms with E-state index in [2.05, 4.69) is 10.5 Å². The minimum atomic E-state index is -2.66. The Balaban J connectivity index is 1.44. The lowest BCUT2D eigenvalue weighted by atomic mass is 9.88. The smallest absolute Gasteiger partial charge is 0.261 e. The van der Waals surface area contributed by atoms with Crippen LogP contribution in [0, 0.1) is 6.92 Å². The molecule has 1 fully saturated rings. The van der Waals surface area contributed by atoms with Crippen LogP contribution < -0.4 is 5.32 Å². The number of carbonyl (C=O) groups is 1. The highest BCUT2D eigenvalue weighted by Crippen LogP contribution is 2.38. The molecule has 0 bridgehead atoms. The van der Waals surface area contributed by atoms with Crippen LogP contribution in [0.2, 0.25) is 10.0 Å². The summed E-state index contributed by atoms with van der Waals surface area (Å²) in [6.45, 7) is 1.81. The lowest BCUT2D eigenvalue weighted by Crippen LogP contribution is -2.50. The van der Waals surface area contributed by atoms with E-state index in [1.54, 1.807) is 18.2 Å².